The Balaban J connectivity index is 1.24. The monoisotopic (exact) mass is 424 g/mol. The summed E-state index contributed by atoms with van der Waals surface area (Å²) < 4.78 is 0. The highest BCUT2D eigenvalue weighted by Crippen LogP contribution is 2.27. The molecule has 1 aliphatic heterocycles. The molecule has 0 bridgehead atoms. The Morgan fingerprint density at radius 2 is 1.62 bits per heavy atom. The van der Waals surface area contributed by atoms with Gasteiger partial charge in [0.1, 0.15) is 0 Å². The predicted octanol–water partition coefficient (Wildman–Crippen LogP) is 4.26. The summed E-state index contributed by atoms with van der Waals surface area (Å²) in [4.78, 5) is 26.8. The van der Waals surface area contributed by atoms with E-state index in [0.717, 1.165) is 56.4 Å². The minimum absolute atomic E-state index is 0.146. The standard InChI is InChI=1S/C27H28N4O/c32-26-18-23(12-11-21-7-3-1-4-8-21)17-25-24(26)19-28-27(29-25)31-15-13-30(14-16-31)20-22-9-5-2-6-10-22/h1-12,19,23H,13-18,20H2. The number of fused-ring (bicyclic) bond motifs is 1. The van der Waals surface area contributed by atoms with Crippen LogP contribution in [0.4, 0.5) is 5.95 Å². The van der Waals surface area contributed by atoms with Crippen molar-refractivity contribution >= 4 is 17.8 Å². The quantitative estimate of drug-likeness (QED) is 0.613. The van der Waals surface area contributed by atoms with E-state index in [4.69, 9.17) is 4.98 Å². The molecule has 1 atom stereocenters. The van der Waals surface area contributed by atoms with Crippen molar-refractivity contribution in [2.24, 2.45) is 5.92 Å². The van der Waals surface area contributed by atoms with Crippen LogP contribution in [0.15, 0.2) is 72.9 Å². The van der Waals surface area contributed by atoms with Gasteiger partial charge in [0, 0.05) is 45.3 Å². The second kappa shape index (κ2) is 9.45. The lowest BCUT2D eigenvalue weighted by molar-refractivity contribution is 0.0957. The number of hydrogen-bond acceptors (Lipinski definition) is 5. The minimum Gasteiger partial charge on any atom is -0.338 e. The van der Waals surface area contributed by atoms with Crippen molar-refractivity contribution in [2.75, 3.05) is 31.1 Å². The normalized spacial score (nSPS) is 19.3. The number of ketones is 1. The van der Waals surface area contributed by atoms with Crippen molar-refractivity contribution in [3.05, 3.63) is 95.3 Å². The lowest BCUT2D eigenvalue weighted by Gasteiger charge is -2.35. The van der Waals surface area contributed by atoms with E-state index in [1.54, 1.807) is 6.20 Å². The summed E-state index contributed by atoms with van der Waals surface area (Å²) in [5, 5.41) is 0. The summed E-state index contributed by atoms with van der Waals surface area (Å²) in [6.07, 6.45) is 7.32. The zero-order chi connectivity index (χ0) is 21.8. The molecule has 1 fully saturated rings. The van der Waals surface area contributed by atoms with Crippen LogP contribution in [-0.4, -0.2) is 46.8 Å². The van der Waals surface area contributed by atoms with Crippen LogP contribution in [-0.2, 0) is 13.0 Å². The summed E-state index contributed by atoms with van der Waals surface area (Å²) in [7, 11) is 0. The van der Waals surface area contributed by atoms with E-state index < -0.39 is 0 Å². The zero-order valence-electron chi connectivity index (χ0n) is 18.2. The lowest BCUT2D eigenvalue weighted by atomic mass is 9.86. The SMILES string of the molecule is O=C1CC(C=Cc2ccccc2)Cc2nc(N3CCN(Cc4ccccc4)CC3)ncc21. The molecule has 2 heterocycles. The molecular formula is C27H28N4O. The fourth-order valence-electron chi connectivity index (χ4n) is 4.51. The highest BCUT2D eigenvalue weighted by atomic mass is 16.1. The van der Waals surface area contributed by atoms with E-state index in [1.165, 1.54) is 5.56 Å². The molecule has 5 rings (SSSR count). The number of nitrogens with zero attached hydrogens (tertiary/aromatic N) is 4. The lowest BCUT2D eigenvalue weighted by Crippen LogP contribution is -2.46. The highest BCUT2D eigenvalue weighted by molar-refractivity contribution is 5.98. The van der Waals surface area contributed by atoms with Gasteiger partial charge in [-0.15, -0.1) is 0 Å². The van der Waals surface area contributed by atoms with Gasteiger partial charge >= 0.3 is 0 Å². The molecule has 0 N–H and O–H groups in total. The van der Waals surface area contributed by atoms with Crippen molar-refractivity contribution in [1.82, 2.24) is 14.9 Å². The van der Waals surface area contributed by atoms with Crippen molar-refractivity contribution in [3.63, 3.8) is 0 Å². The Hall–Kier alpha value is -3.31. The van der Waals surface area contributed by atoms with Gasteiger partial charge in [-0.1, -0.05) is 72.8 Å². The van der Waals surface area contributed by atoms with E-state index in [-0.39, 0.29) is 11.7 Å². The van der Waals surface area contributed by atoms with Crippen LogP contribution in [0.3, 0.4) is 0 Å². The van der Waals surface area contributed by atoms with E-state index in [1.807, 2.05) is 18.2 Å². The van der Waals surface area contributed by atoms with Gasteiger partial charge in [0.05, 0.1) is 11.3 Å². The first-order chi connectivity index (χ1) is 15.7. The second-order valence-electron chi connectivity index (χ2n) is 8.64. The first kappa shape index (κ1) is 20.6. The van der Waals surface area contributed by atoms with Crippen molar-refractivity contribution in [3.8, 4) is 0 Å². The third-order valence-electron chi connectivity index (χ3n) is 6.32. The smallest absolute Gasteiger partial charge is 0.225 e. The van der Waals surface area contributed by atoms with E-state index in [0.29, 0.717) is 12.0 Å². The molecule has 2 aromatic carbocycles. The van der Waals surface area contributed by atoms with Gasteiger partial charge in [-0.05, 0) is 23.5 Å². The van der Waals surface area contributed by atoms with Crippen LogP contribution in [0.5, 0.6) is 0 Å². The molecule has 1 aliphatic carbocycles. The first-order valence-electron chi connectivity index (χ1n) is 11.4. The molecule has 2 aliphatic rings. The predicted molar refractivity (Wildman–Crippen MR) is 128 cm³/mol. The Labute approximate surface area is 189 Å². The van der Waals surface area contributed by atoms with Gasteiger partial charge in [0.25, 0.3) is 0 Å². The molecule has 162 valence electrons. The zero-order valence-corrected chi connectivity index (χ0v) is 18.2. The van der Waals surface area contributed by atoms with Crippen LogP contribution < -0.4 is 4.90 Å². The number of piperazine rings is 1. The maximum Gasteiger partial charge on any atom is 0.225 e. The number of rotatable bonds is 5. The average Bonchev–Trinajstić information content (AvgIpc) is 2.84. The molecule has 1 aromatic heterocycles. The molecule has 0 amide bonds. The molecule has 5 nitrogen and oxygen atoms in total. The highest BCUT2D eigenvalue weighted by Gasteiger charge is 2.27. The largest absolute Gasteiger partial charge is 0.338 e. The van der Waals surface area contributed by atoms with Gasteiger partial charge in [-0.3, -0.25) is 9.69 Å². The fourth-order valence-corrected chi connectivity index (χ4v) is 4.51. The second-order valence-corrected chi connectivity index (χ2v) is 8.64. The minimum atomic E-state index is 0.146. The van der Waals surface area contributed by atoms with Gasteiger partial charge < -0.3 is 4.90 Å². The number of carbonyl (C=O) groups is 1. The Morgan fingerprint density at radius 1 is 0.906 bits per heavy atom. The number of hydrogen-bond donors (Lipinski definition) is 0. The molecular weight excluding hydrogens is 396 g/mol. The van der Waals surface area contributed by atoms with Crippen molar-refractivity contribution < 1.29 is 4.79 Å². The van der Waals surface area contributed by atoms with Crippen molar-refractivity contribution in [2.45, 2.75) is 19.4 Å². The van der Waals surface area contributed by atoms with E-state index in [9.17, 15) is 4.79 Å². The maximum atomic E-state index is 12.7. The number of benzene rings is 2. The molecule has 0 radical (unpaired) electrons. The average molecular weight is 425 g/mol. The fraction of sp³-hybridized carbons (Fsp3) is 0.296. The molecule has 1 saturated heterocycles. The van der Waals surface area contributed by atoms with Gasteiger partial charge in [-0.25, -0.2) is 9.97 Å². The van der Waals surface area contributed by atoms with Gasteiger partial charge in [-0.2, -0.15) is 0 Å². The summed E-state index contributed by atoms with van der Waals surface area (Å²) in [5.74, 6) is 1.08. The Morgan fingerprint density at radius 3 is 2.38 bits per heavy atom. The van der Waals surface area contributed by atoms with Crippen LogP contribution in [0, 0.1) is 5.92 Å². The van der Waals surface area contributed by atoms with Crippen LogP contribution >= 0.6 is 0 Å². The Kier molecular flexibility index (Phi) is 6.08. The van der Waals surface area contributed by atoms with Gasteiger partial charge in [0.2, 0.25) is 5.95 Å². The van der Waals surface area contributed by atoms with Gasteiger partial charge in [0.15, 0.2) is 5.78 Å². The molecule has 1 unspecified atom stereocenters. The van der Waals surface area contributed by atoms with Crippen molar-refractivity contribution in [1.29, 1.82) is 0 Å². The van der Waals surface area contributed by atoms with Crippen LogP contribution in [0.25, 0.3) is 6.08 Å². The summed E-state index contributed by atoms with van der Waals surface area (Å²) in [5.41, 5.74) is 4.09. The third kappa shape index (κ3) is 4.78. The molecule has 3 aromatic rings. The number of aromatic nitrogens is 2. The number of allylic oxidation sites excluding steroid dienone is 1. The maximum absolute atomic E-state index is 12.7. The van der Waals surface area contributed by atoms with E-state index in [2.05, 4.69) is 69.4 Å². The van der Waals surface area contributed by atoms with E-state index >= 15 is 0 Å². The summed E-state index contributed by atoms with van der Waals surface area (Å²) in [6.45, 7) is 4.74. The topological polar surface area (TPSA) is 49.3 Å². The number of anilines is 1. The third-order valence-corrected chi connectivity index (χ3v) is 6.32. The number of carbonyl (C=O) groups excluding carboxylic acids is 1. The van der Waals surface area contributed by atoms with Crippen LogP contribution in [0.1, 0.15) is 33.6 Å². The summed E-state index contributed by atoms with van der Waals surface area (Å²) >= 11 is 0. The summed E-state index contributed by atoms with van der Waals surface area (Å²) in [6, 6.07) is 20.8. The van der Waals surface area contributed by atoms with Crippen LogP contribution in [0.2, 0.25) is 0 Å². The first-order valence-corrected chi connectivity index (χ1v) is 11.4. The Bertz CT molecular complexity index is 1090. The molecule has 32 heavy (non-hydrogen) atoms. The number of Topliss-reactive ketones (excluding diaryl/α,β-unsaturated/α-hetero) is 1. The molecule has 0 saturated carbocycles. The molecule has 0 spiro atoms. The molecule has 5 heteroatoms.